The van der Waals surface area contributed by atoms with E-state index in [1.54, 1.807) is 0 Å². The first-order chi connectivity index (χ1) is 7.33. The van der Waals surface area contributed by atoms with Gasteiger partial charge in [-0.3, -0.25) is 0 Å². The van der Waals surface area contributed by atoms with Crippen LogP contribution in [-0.2, 0) is 4.74 Å². The van der Waals surface area contributed by atoms with Crippen molar-refractivity contribution < 1.29 is 26.7 Å². The summed E-state index contributed by atoms with van der Waals surface area (Å²) in [5.41, 5.74) is 0. The highest BCUT2D eigenvalue weighted by Crippen LogP contribution is 2.35. The summed E-state index contributed by atoms with van der Waals surface area (Å²) in [6.07, 6.45) is -2.89. The Hall–Kier alpha value is -0.430. The third kappa shape index (κ3) is 4.61. The van der Waals surface area contributed by atoms with Gasteiger partial charge in [-0.15, -0.1) is 0 Å². The predicted molar refractivity (Wildman–Crippen MR) is 47.5 cm³/mol. The van der Waals surface area contributed by atoms with E-state index in [1.807, 2.05) is 0 Å². The Labute approximate surface area is 90.1 Å². The van der Waals surface area contributed by atoms with E-state index in [0.29, 0.717) is 19.0 Å². The van der Waals surface area contributed by atoms with Crippen molar-refractivity contribution in [3.8, 4) is 0 Å². The summed E-state index contributed by atoms with van der Waals surface area (Å²) in [5.74, 6) is -4.75. The van der Waals surface area contributed by atoms with Crippen molar-refractivity contribution in [3.05, 3.63) is 0 Å². The Morgan fingerprint density at radius 3 is 2.25 bits per heavy atom. The first-order valence-electron chi connectivity index (χ1n) is 5.08. The Balaban J connectivity index is 2.00. The average Bonchev–Trinajstić information content (AvgIpc) is 2.92. The number of nitrogens with one attached hydrogen (secondary N) is 1. The van der Waals surface area contributed by atoms with Crippen LogP contribution in [0.3, 0.4) is 0 Å². The van der Waals surface area contributed by atoms with Crippen LogP contribution in [0.4, 0.5) is 22.0 Å². The summed E-state index contributed by atoms with van der Waals surface area (Å²) < 4.78 is 64.0. The molecule has 0 heterocycles. The van der Waals surface area contributed by atoms with Crippen LogP contribution in [0.15, 0.2) is 0 Å². The fourth-order valence-electron chi connectivity index (χ4n) is 1.05. The summed E-state index contributed by atoms with van der Waals surface area (Å²) in [5, 5.41) is 3.09. The molecule has 1 rings (SSSR count). The zero-order valence-corrected chi connectivity index (χ0v) is 8.62. The number of rotatable bonds is 7. The second-order valence-corrected chi connectivity index (χ2v) is 3.84. The fourth-order valence-corrected chi connectivity index (χ4v) is 1.05. The lowest BCUT2D eigenvalue weighted by Gasteiger charge is -2.19. The van der Waals surface area contributed by atoms with Crippen LogP contribution in [0, 0.1) is 0 Å². The maximum Gasteiger partial charge on any atom is 0.455 e. The van der Waals surface area contributed by atoms with Gasteiger partial charge >= 0.3 is 12.1 Å². The monoisotopic (exact) mass is 247 g/mol. The Morgan fingerprint density at radius 1 is 1.12 bits per heavy atom. The second-order valence-electron chi connectivity index (χ2n) is 3.84. The molecule has 0 aromatic carbocycles. The van der Waals surface area contributed by atoms with E-state index in [4.69, 9.17) is 0 Å². The van der Waals surface area contributed by atoms with E-state index < -0.39 is 18.7 Å². The van der Waals surface area contributed by atoms with Gasteiger partial charge in [0.25, 0.3) is 0 Å². The van der Waals surface area contributed by atoms with Crippen LogP contribution in [0.5, 0.6) is 0 Å². The third-order valence-electron chi connectivity index (χ3n) is 2.17. The van der Waals surface area contributed by atoms with E-state index in [-0.39, 0.29) is 6.61 Å². The van der Waals surface area contributed by atoms with E-state index >= 15 is 0 Å². The largest absolute Gasteiger partial charge is 0.455 e. The minimum absolute atomic E-state index is 0.0919. The summed E-state index contributed by atoms with van der Waals surface area (Å²) in [7, 11) is 0. The molecule has 1 saturated carbocycles. The molecule has 0 amide bonds. The summed E-state index contributed by atoms with van der Waals surface area (Å²) >= 11 is 0. The molecule has 96 valence electrons. The summed E-state index contributed by atoms with van der Waals surface area (Å²) in [6, 6.07) is 0.497. The number of hydrogen-bond donors (Lipinski definition) is 1. The quantitative estimate of drug-likeness (QED) is 0.550. The van der Waals surface area contributed by atoms with Crippen LogP contribution in [0.1, 0.15) is 19.3 Å². The van der Waals surface area contributed by atoms with Gasteiger partial charge in [0.1, 0.15) is 6.61 Å². The lowest BCUT2D eigenvalue weighted by molar-refractivity contribution is -0.296. The minimum atomic E-state index is -5.53. The Morgan fingerprint density at radius 2 is 1.75 bits per heavy atom. The lowest BCUT2D eigenvalue weighted by Crippen LogP contribution is -2.40. The van der Waals surface area contributed by atoms with Crippen molar-refractivity contribution in [1.29, 1.82) is 0 Å². The van der Waals surface area contributed by atoms with Crippen LogP contribution in [0.2, 0.25) is 0 Å². The van der Waals surface area contributed by atoms with Crippen molar-refractivity contribution in [2.24, 2.45) is 0 Å². The molecule has 1 aliphatic carbocycles. The van der Waals surface area contributed by atoms with Crippen molar-refractivity contribution in [2.75, 3.05) is 19.8 Å². The zero-order valence-electron chi connectivity index (χ0n) is 8.62. The molecule has 1 aliphatic rings. The van der Waals surface area contributed by atoms with Gasteiger partial charge in [0.05, 0.1) is 0 Å². The normalized spacial score (nSPS) is 17.8. The van der Waals surface area contributed by atoms with Gasteiger partial charge in [-0.2, -0.15) is 22.0 Å². The van der Waals surface area contributed by atoms with Gasteiger partial charge in [0.2, 0.25) is 0 Å². The molecular formula is C9H14F5NO. The van der Waals surface area contributed by atoms with Gasteiger partial charge in [0, 0.05) is 12.6 Å². The Kier molecular flexibility index (Phi) is 4.49. The van der Waals surface area contributed by atoms with Crippen molar-refractivity contribution >= 4 is 0 Å². The fraction of sp³-hybridized carbons (Fsp3) is 1.00. The molecule has 0 radical (unpaired) electrons. The zero-order chi connectivity index (χ0) is 12.2. The standard InChI is InChI=1S/C9H14F5NO/c10-8(11,9(12,13)14)6-16-5-1-4-15-7-2-3-7/h7,15H,1-6H2. The van der Waals surface area contributed by atoms with Gasteiger partial charge < -0.3 is 10.1 Å². The minimum Gasteiger partial charge on any atom is -0.375 e. The van der Waals surface area contributed by atoms with Crippen molar-refractivity contribution in [2.45, 2.75) is 37.4 Å². The number of alkyl halides is 5. The molecule has 0 saturated heterocycles. The van der Waals surface area contributed by atoms with Crippen molar-refractivity contribution in [1.82, 2.24) is 5.32 Å². The van der Waals surface area contributed by atoms with Crippen LogP contribution < -0.4 is 5.32 Å². The highest BCUT2D eigenvalue weighted by atomic mass is 19.4. The molecule has 0 unspecified atom stereocenters. The Bertz CT molecular complexity index is 214. The summed E-state index contributed by atoms with van der Waals surface area (Å²) in [4.78, 5) is 0. The lowest BCUT2D eigenvalue weighted by atomic mass is 10.3. The molecule has 2 nitrogen and oxygen atoms in total. The van der Waals surface area contributed by atoms with Gasteiger partial charge in [-0.05, 0) is 25.8 Å². The molecular weight excluding hydrogens is 233 g/mol. The molecule has 0 atom stereocenters. The SMILES string of the molecule is FC(F)(F)C(F)(F)COCCCNC1CC1. The molecule has 0 bridgehead atoms. The maximum atomic E-state index is 12.3. The predicted octanol–water partition coefficient (Wildman–Crippen LogP) is 2.34. The molecule has 0 aliphatic heterocycles. The first-order valence-corrected chi connectivity index (χ1v) is 5.08. The molecule has 16 heavy (non-hydrogen) atoms. The molecule has 1 N–H and O–H groups in total. The molecule has 0 spiro atoms. The molecule has 0 aromatic rings. The second kappa shape index (κ2) is 5.27. The van der Waals surface area contributed by atoms with Crippen LogP contribution in [-0.4, -0.2) is 37.9 Å². The van der Waals surface area contributed by atoms with Gasteiger partial charge in [0.15, 0.2) is 0 Å². The molecule has 0 aromatic heterocycles. The van der Waals surface area contributed by atoms with E-state index in [9.17, 15) is 22.0 Å². The third-order valence-corrected chi connectivity index (χ3v) is 2.17. The van der Waals surface area contributed by atoms with E-state index in [1.165, 1.54) is 0 Å². The van der Waals surface area contributed by atoms with E-state index in [0.717, 1.165) is 12.8 Å². The number of hydrogen-bond acceptors (Lipinski definition) is 2. The smallest absolute Gasteiger partial charge is 0.375 e. The average molecular weight is 247 g/mol. The highest BCUT2D eigenvalue weighted by Gasteiger charge is 2.57. The number of halogens is 5. The molecule has 1 fully saturated rings. The number of ether oxygens (including phenoxy) is 1. The van der Waals surface area contributed by atoms with Gasteiger partial charge in [-0.1, -0.05) is 0 Å². The topological polar surface area (TPSA) is 21.3 Å². The summed E-state index contributed by atoms with van der Waals surface area (Å²) in [6.45, 7) is -1.10. The molecule has 7 heteroatoms. The van der Waals surface area contributed by atoms with Crippen molar-refractivity contribution in [3.63, 3.8) is 0 Å². The maximum absolute atomic E-state index is 12.3. The van der Waals surface area contributed by atoms with Gasteiger partial charge in [-0.25, -0.2) is 0 Å². The first kappa shape index (κ1) is 13.6. The highest BCUT2D eigenvalue weighted by molar-refractivity contribution is 4.80. The van der Waals surface area contributed by atoms with E-state index in [2.05, 4.69) is 10.1 Å². The van der Waals surface area contributed by atoms with Crippen LogP contribution >= 0.6 is 0 Å². The van der Waals surface area contributed by atoms with Crippen LogP contribution in [0.25, 0.3) is 0 Å².